The zero-order valence-corrected chi connectivity index (χ0v) is 14.8. The number of likely N-dealkylation sites (tertiary alicyclic amines) is 1. The van der Waals surface area contributed by atoms with Gasteiger partial charge in [-0.3, -0.25) is 9.59 Å². The van der Waals surface area contributed by atoms with Crippen molar-refractivity contribution in [2.24, 2.45) is 5.92 Å². The van der Waals surface area contributed by atoms with Gasteiger partial charge in [-0.1, -0.05) is 24.6 Å². The van der Waals surface area contributed by atoms with Crippen molar-refractivity contribution < 1.29 is 9.59 Å². The van der Waals surface area contributed by atoms with Crippen LogP contribution in [0, 0.1) is 12.8 Å². The molecule has 130 valence electrons. The van der Waals surface area contributed by atoms with E-state index in [-0.39, 0.29) is 11.8 Å². The standard InChI is InChI=1S/C21H24N2O2/c1-15-3-5-17(6-4-15)20(24)22-19-9-7-18(8-10-19)21(25)23-13-11-16(2)12-14-23/h3-10,16H,11-14H2,1-2H3,(H,22,24). The summed E-state index contributed by atoms with van der Waals surface area (Å²) in [5.74, 6) is 0.621. The summed E-state index contributed by atoms with van der Waals surface area (Å²) in [7, 11) is 0. The molecule has 4 nitrogen and oxygen atoms in total. The summed E-state index contributed by atoms with van der Waals surface area (Å²) >= 11 is 0. The van der Waals surface area contributed by atoms with Gasteiger partial charge in [0.25, 0.3) is 11.8 Å². The molecule has 0 bridgehead atoms. The average molecular weight is 336 g/mol. The Labute approximate surface area is 148 Å². The van der Waals surface area contributed by atoms with E-state index in [1.54, 1.807) is 36.4 Å². The molecule has 1 aliphatic rings. The molecule has 1 fully saturated rings. The van der Waals surface area contributed by atoms with Crippen molar-refractivity contribution in [2.75, 3.05) is 18.4 Å². The minimum Gasteiger partial charge on any atom is -0.339 e. The van der Waals surface area contributed by atoms with Gasteiger partial charge in [0.15, 0.2) is 0 Å². The maximum absolute atomic E-state index is 12.5. The molecule has 1 N–H and O–H groups in total. The van der Waals surface area contributed by atoms with Crippen LogP contribution in [-0.4, -0.2) is 29.8 Å². The second-order valence-corrected chi connectivity index (χ2v) is 6.87. The molecular formula is C21H24N2O2. The van der Waals surface area contributed by atoms with Gasteiger partial charge in [-0.2, -0.15) is 0 Å². The molecule has 0 aromatic heterocycles. The van der Waals surface area contributed by atoms with Gasteiger partial charge >= 0.3 is 0 Å². The molecule has 1 aliphatic heterocycles. The Hall–Kier alpha value is -2.62. The van der Waals surface area contributed by atoms with Crippen molar-refractivity contribution in [3.8, 4) is 0 Å². The van der Waals surface area contributed by atoms with E-state index in [4.69, 9.17) is 0 Å². The van der Waals surface area contributed by atoms with Crippen molar-refractivity contribution in [3.63, 3.8) is 0 Å². The summed E-state index contributed by atoms with van der Waals surface area (Å²) in [6.07, 6.45) is 2.13. The van der Waals surface area contributed by atoms with Crippen LogP contribution in [0.3, 0.4) is 0 Å². The van der Waals surface area contributed by atoms with Crippen molar-refractivity contribution >= 4 is 17.5 Å². The van der Waals surface area contributed by atoms with Crippen molar-refractivity contribution in [3.05, 3.63) is 65.2 Å². The van der Waals surface area contributed by atoms with Gasteiger partial charge in [0.1, 0.15) is 0 Å². The summed E-state index contributed by atoms with van der Waals surface area (Å²) in [6, 6.07) is 14.6. The molecule has 2 aromatic carbocycles. The number of carbonyl (C=O) groups is 2. The zero-order chi connectivity index (χ0) is 17.8. The first kappa shape index (κ1) is 17.2. The van der Waals surface area contributed by atoms with Crippen LogP contribution < -0.4 is 5.32 Å². The molecule has 0 unspecified atom stereocenters. The quantitative estimate of drug-likeness (QED) is 0.916. The minimum atomic E-state index is -0.149. The van der Waals surface area contributed by atoms with Crippen molar-refractivity contribution in [2.45, 2.75) is 26.7 Å². The van der Waals surface area contributed by atoms with E-state index >= 15 is 0 Å². The van der Waals surface area contributed by atoms with E-state index in [9.17, 15) is 9.59 Å². The predicted octanol–water partition coefficient (Wildman–Crippen LogP) is 4.12. The summed E-state index contributed by atoms with van der Waals surface area (Å²) in [6.45, 7) is 5.87. The third kappa shape index (κ3) is 4.27. The predicted molar refractivity (Wildman–Crippen MR) is 99.9 cm³/mol. The SMILES string of the molecule is Cc1ccc(C(=O)Nc2ccc(C(=O)N3CCC(C)CC3)cc2)cc1. The molecule has 3 rings (SSSR count). The first-order valence-electron chi connectivity index (χ1n) is 8.80. The third-order valence-electron chi connectivity index (χ3n) is 4.77. The van der Waals surface area contributed by atoms with Gasteiger partial charge in [-0.25, -0.2) is 0 Å². The van der Waals surface area contributed by atoms with Gasteiger partial charge in [0.2, 0.25) is 0 Å². The molecule has 0 spiro atoms. The van der Waals surface area contributed by atoms with Crippen LogP contribution in [0.1, 0.15) is 46.0 Å². The van der Waals surface area contributed by atoms with Crippen molar-refractivity contribution in [1.29, 1.82) is 0 Å². The van der Waals surface area contributed by atoms with E-state index < -0.39 is 0 Å². The number of piperidine rings is 1. The lowest BCUT2D eigenvalue weighted by atomic mass is 9.98. The van der Waals surface area contributed by atoms with Crippen LogP contribution in [0.5, 0.6) is 0 Å². The van der Waals surface area contributed by atoms with E-state index in [0.29, 0.717) is 22.7 Å². The number of benzene rings is 2. The molecule has 4 heteroatoms. The second kappa shape index (κ2) is 7.51. The fourth-order valence-corrected chi connectivity index (χ4v) is 3.00. The minimum absolute atomic E-state index is 0.0725. The Kier molecular flexibility index (Phi) is 5.17. The summed E-state index contributed by atoms with van der Waals surface area (Å²) in [5.41, 5.74) is 3.09. The highest BCUT2D eigenvalue weighted by molar-refractivity contribution is 6.04. The Morgan fingerprint density at radius 2 is 1.48 bits per heavy atom. The maximum Gasteiger partial charge on any atom is 0.255 e. The highest BCUT2D eigenvalue weighted by Crippen LogP contribution is 2.19. The first-order chi connectivity index (χ1) is 12.0. The van der Waals surface area contributed by atoms with Gasteiger partial charge < -0.3 is 10.2 Å². The van der Waals surface area contributed by atoms with E-state index in [2.05, 4.69) is 12.2 Å². The lowest BCUT2D eigenvalue weighted by Gasteiger charge is -2.30. The molecule has 0 radical (unpaired) electrons. The number of rotatable bonds is 3. The number of hydrogen-bond donors (Lipinski definition) is 1. The third-order valence-corrected chi connectivity index (χ3v) is 4.77. The van der Waals surface area contributed by atoms with Gasteiger partial charge in [0, 0.05) is 29.9 Å². The normalized spacial score (nSPS) is 15.0. The molecule has 0 saturated carbocycles. The lowest BCUT2D eigenvalue weighted by molar-refractivity contribution is 0.0697. The maximum atomic E-state index is 12.5. The summed E-state index contributed by atoms with van der Waals surface area (Å²) in [5, 5.41) is 2.87. The van der Waals surface area contributed by atoms with Gasteiger partial charge in [-0.15, -0.1) is 0 Å². The molecular weight excluding hydrogens is 312 g/mol. The fraction of sp³-hybridized carbons (Fsp3) is 0.333. The summed E-state index contributed by atoms with van der Waals surface area (Å²) < 4.78 is 0. The van der Waals surface area contributed by atoms with Gasteiger partial charge in [0.05, 0.1) is 0 Å². The summed E-state index contributed by atoms with van der Waals surface area (Å²) in [4.78, 5) is 26.7. The highest BCUT2D eigenvalue weighted by Gasteiger charge is 2.21. The van der Waals surface area contributed by atoms with E-state index in [1.165, 1.54) is 0 Å². The van der Waals surface area contributed by atoms with Crippen LogP contribution >= 0.6 is 0 Å². The van der Waals surface area contributed by atoms with Crippen LogP contribution in [0.2, 0.25) is 0 Å². The molecule has 1 saturated heterocycles. The van der Waals surface area contributed by atoms with Gasteiger partial charge in [-0.05, 0) is 62.1 Å². The number of amides is 2. The van der Waals surface area contributed by atoms with Crippen LogP contribution in [0.15, 0.2) is 48.5 Å². The number of anilines is 1. The molecule has 0 aliphatic carbocycles. The second-order valence-electron chi connectivity index (χ2n) is 6.87. The fourth-order valence-electron chi connectivity index (χ4n) is 3.00. The molecule has 2 amide bonds. The number of hydrogen-bond acceptors (Lipinski definition) is 2. The monoisotopic (exact) mass is 336 g/mol. The van der Waals surface area contributed by atoms with Crippen LogP contribution in [0.4, 0.5) is 5.69 Å². The number of carbonyl (C=O) groups excluding carboxylic acids is 2. The van der Waals surface area contributed by atoms with Crippen LogP contribution in [0.25, 0.3) is 0 Å². The number of nitrogens with zero attached hydrogens (tertiary/aromatic N) is 1. The lowest BCUT2D eigenvalue weighted by Crippen LogP contribution is -2.37. The molecule has 2 aromatic rings. The molecule has 0 atom stereocenters. The Balaban J connectivity index is 1.63. The van der Waals surface area contributed by atoms with Crippen molar-refractivity contribution in [1.82, 2.24) is 4.90 Å². The topological polar surface area (TPSA) is 49.4 Å². The Morgan fingerprint density at radius 3 is 2.08 bits per heavy atom. The molecule has 25 heavy (non-hydrogen) atoms. The highest BCUT2D eigenvalue weighted by atomic mass is 16.2. The van der Waals surface area contributed by atoms with E-state index in [1.807, 2.05) is 24.0 Å². The average Bonchev–Trinajstić information content (AvgIpc) is 2.63. The number of nitrogens with one attached hydrogen (secondary N) is 1. The zero-order valence-electron chi connectivity index (χ0n) is 14.8. The largest absolute Gasteiger partial charge is 0.339 e. The Morgan fingerprint density at radius 1 is 0.920 bits per heavy atom. The number of aryl methyl sites for hydroxylation is 1. The molecule has 1 heterocycles. The van der Waals surface area contributed by atoms with Crippen LogP contribution in [-0.2, 0) is 0 Å². The smallest absolute Gasteiger partial charge is 0.255 e. The van der Waals surface area contributed by atoms with E-state index in [0.717, 1.165) is 31.5 Å². The first-order valence-corrected chi connectivity index (χ1v) is 8.80. The Bertz CT molecular complexity index is 742.